The van der Waals surface area contributed by atoms with Gasteiger partial charge in [-0.1, -0.05) is 6.07 Å². The molecular formula is C14H19N3O4. The van der Waals surface area contributed by atoms with Crippen LogP contribution in [-0.2, 0) is 9.59 Å². The third kappa shape index (κ3) is 4.17. The number of aliphatic hydroxyl groups is 1. The Balaban J connectivity index is 1.87. The van der Waals surface area contributed by atoms with E-state index in [0.717, 1.165) is 0 Å². The van der Waals surface area contributed by atoms with Gasteiger partial charge in [-0.2, -0.15) is 0 Å². The van der Waals surface area contributed by atoms with E-state index in [0.29, 0.717) is 38.4 Å². The SMILES string of the molecule is O=C(Nc1cccc(O)c1)C(=O)N1CCN(CCO)CC1. The number of nitrogens with zero attached hydrogens (tertiary/aromatic N) is 2. The molecule has 2 rings (SSSR count). The van der Waals surface area contributed by atoms with Crippen molar-refractivity contribution in [2.75, 3.05) is 44.6 Å². The first-order valence-electron chi connectivity index (χ1n) is 6.82. The van der Waals surface area contributed by atoms with Crippen LogP contribution < -0.4 is 5.32 Å². The first-order chi connectivity index (χ1) is 10.1. The highest BCUT2D eigenvalue weighted by atomic mass is 16.3. The normalized spacial score (nSPS) is 15.8. The van der Waals surface area contributed by atoms with E-state index in [2.05, 4.69) is 5.32 Å². The number of piperazine rings is 1. The molecule has 1 saturated heterocycles. The van der Waals surface area contributed by atoms with E-state index in [1.165, 1.54) is 17.0 Å². The largest absolute Gasteiger partial charge is 0.508 e. The van der Waals surface area contributed by atoms with Gasteiger partial charge in [-0.25, -0.2) is 0 Å². The fourth-order valence-electron chi connectivity index (χ4n) is 2.23. The van der Waals surface area contributed by atoms with Gasteiger partial charge in [0.05, 0.1) is 6.61 Å². The summed E-state index contributed by atoms with van der Waals surface area (Å²) in [6.07, 6.45) is 0. The first kappa shape index (κ1) is 15.3. The van der Waals surface area contributed by atoms with Gasteiger partial charge in [0.1, 0.15) is 5.75 Å². The molecule has 1 fully saturated rings. The van der Waals surface area contributed by atoms with Crippen LogP contribution in [0, 0.1) is 0 Å². The topological polar surface area (TPSA) is 93.1 Å². The molecule has 114 valence electrons. The number of anilines is 1. The van der Waals surface area contributed by atoms with Crippen LogP contribution in [0.15, 0.2) is 24.3 Å². The molecule has 0 atom stereocenters. The van der Waals surface area contributed by atoms with Crippen LogP contribution in [-0.4, -0.2) is 71.2 Å². The molecule has 3 N–H and O–H groups in total. The number of β-amino-alcohol motifs (C(OH)–C–C–N with tert-alkyl or cyclic N) is 1. The van der Waals surface area contributed by atoms with Crippen molar-refractivity contribution in [3.05, 3.63) is 24.3 Å². The molecular weight excluding hydrogens is 274 g/mol. The molecule has 0 spiro atoms. The number of aromatic hydroxyl groups is 1. The van der Waals surface area contributed by atoms with E-state index in [1.54, 1.807) is 12.1 Å². The molecule has 7 heteroatoms. The van der Waals surface area contributed by atoms with Gasteiger partial charge in [-0.05, 0) is 12.1 Å². The molecule has 1 aromatic rings. The molecule has 21 heavy (non-hydrogen) atoms. The molecule has 0 aromatic heterocycles. The van der Waals surface area contributed by atoms with E-state index in [-0.39, 0.29) is 12.4 Å². The van der Waals surface area contributed by atoms with Crippen LogP contribution >= 0.6 is 0 Å². The highest BCUT2D eigenvalue weighted by molar-refractivity contribution is 6.39. The zero-order valence-corrected chi connectivity index (χ0v) is 11.7. The Kier molecular flexibility index (Phi) is 5.13. The number of benzene rings is 1. The molecule has 0 aliphatic carbocycles. The number of nitrogens with one attached hydrogen (secondary N) is 1. The molecule has 0 radical (unpaired) electrons. The van der Waals surface area contributed by atoms with Gasteiger partial charge in [0, 0.05) is 44.5 Å². The van der Waals surface area contributed by atoms with Gasteiger partial charge in [-0.3, -0.25) is 14.5 Å². The molecule has 2 amide bonds. The second-order valence-corrected chi connectivity index (χ2v) is 4.86. The van der Waals surface area contributed by atoms with Crippen molar-refractivity contribution >= 4 is 17.5 Å². The van der Waals surface area contributed by atoms with Crippen molar-refractivity contribution in [2.45, 2.75) is 0 Å². The number of phenolic OH excluding ortho intramolecular Hbond substituents is 1. The van der Waals surface area contributed by atoms with Gasteiger partial charge >= 0.3 is 11.8 Å². The average molecular weight is 293 g/mol. The minimum absolute atomic E-state index is 0.0258. The standard InChI is InChI=1S/C14H19N3O4/c18-9-8-16-4-6-17(7-5-16)14(21)13(20)15-11-2-1-3-12(19)10-11/h1-3,10,18-19H,4-9H2,(H,15,20). The molecule has 1 heterocycles. The summed E-state index contributed by atoms with van der Waals surface area (Å²) in [5.41, 5.74) is 0.382. The van der Waals surface area contributed by atoms with Gasteiger partial charge in [0.15, 0.2) is 0 Å². The molecule has 1 aromatic carbocycles. The van der Waals surface area contributed by atoms with Crippen LogP contribution in [0.2, 0.25) is 0 Å². The summed E-state index contributed by atoms with van der Waals surface area (Å²) in [6.45, 7) is 2.89. The third-order valence-electron chi connectivity index (χ3n) is 3.37. The number of amides is 2. The quantitative estimate of drug-likeness (QED) is 0.651. The zero-order chi connectivity index (χ0) is 15.2. The molecule has 0 saturated carbocycles. The fourth-order valence-corrected chi connectivity index (χ4v) is 2.23. The molecule has 0 unspecified atom stereocenters. The second-order valence-electron chi connectivity index (χ2n) is 4.86. The van der Waals surface area contributed by atoms with Crippen molar-refractivity contribution in [2.24, 2.45) is 0 Å². The van der Waals surface area contributed by atoms with Gasteiger partial charge in [0.25, 0.3) is 0 Å². The Morgan fingerprint density at radius 1 is 1.19 bits per heavy atom. The smallest absolute Gasteiger partial charge is 0.313 e. The maximum absolute atomic E-state index is 12.0. The van der Waals surface area contributed by atoms with Crippen molar-refractivity contribution in [3.63, 3.8) is 0 Å². The summed E-state index contributed by atoms with van der Waals surface area (Å²) >= 11 is 0. The fraction of sp³-hybridized carbons (Fsp3) is 0.429. The van der Waals surface area contributed by atoms with Gasteiger partial charge in [-0.15, -0.1) is 0 Å². The van der Waals surface area contributed by atoms with Crippen LogP contribution in [0.1, 0.15) is 0 Å². The van der Waals surface area contributed by atoms with Gasteiger partial charge in [0.2, 0.25) is 0 Å². The van der Waals surface area contributed by atoms with Crippen LogP contribution in [0.5, 0.6) is 5.75 Å². The summed E-state index contributed by atoms with van der Waals surface area (Å²) in [6, 6.07) is 6.05. The van der Waals surface area contributed by atoms with Crippen LogP contribution in [0.3, 0.4) is 0 Å². The Hall–Kier alpha value is -2.12. The Morgan fingerprint density at radius 2 is 1.90 bits per heavy atom. The lowest BCUT2D eigenvalue weighted by Crippen LogP contribution is -2.52. The molecule has 1 aliphatic heterocycles. The van der Waals surface area contributed by atoms with Crippen LogP contribution in [0.25, 0.3) is 0 Å². The number of phenols is 1. The van der Waals surface area contributed by atoms with Crippen molar-refractivity contribution in [1.82, 2.24) is 9.80 Å². The average Bonchev–Trinajstić information content (AvgIpc) is 2.47. The lowest BCUT2D eigenvalue weighted by atomic mass is 10.2. The summed E-state index contributed by atoms with van der Waals surface area (Å²) in [5, 5.41) is 20.7. The number of hydrogen-bond donors (Lipinski definition) is 3. The van der Waals surface area contributed by atoms with E-state index >= 15 is 0 Å². The van der Waals surface area contributed by atoms with Crippen LogP contribution in [0.4, 0.5) is 5.69 Å². The Bertz CT molecular complexity index is 513. The maximum Gasteiger partial charge on any atom is 0.313 e. The van der Waals surface area contributed by atoms with Crippen molar-refractivity contribution in [3.8, 4) is 5.75 Å². The summed E-state index contributed by atoms with van der Waals surface area (Å²) in [4.78, 5) is 27.5. The number of rotatable bonds is 3. The summed E-state index contributed by atoms with van der Waals surface area (Å²) in [7, 11) is 0. The van der Waals surface area contributed by atoms with E-state index in [9.17, 15) is 14.7 Å². The lowest BCUT2D eigenvalue weighted by Gasteiger charge is -2.33. The number of carbonyl (C=O) groups is 2. The minimum Gasteiger partial charge on any atom is -0.508 e. The Morgan fingerprint density at radius 3 is 2.52 bits per heavy atom. The minimum atomic E-state index is -0.712. The molecule has 0 bridgehead atoms. The van der Waals surface area contributed by atoms with Crippen molar-refractivity contribution in [1.29, 1.82) is 0 Å². The summed E-state index contributed by atoms with van der Waals surface area (Å²) < 4.78 is 0. The summed E-state index contributed by atoms with van der Waals surface area (Å²) in [5.74, 6) is -1.27. The van der Waals surface area contributed by atoms with Gasteiger partial charge < -0.3 is 20.4 Å². The monoisotopic (exact) mass is 293 g/mol. The maximum atomic E-state index is 12.0. The lowest BCUT2D eigenvalue weighted by molar-refractivity contribution is -0.144. The molecule has 7 nitrogen and oxygen atoms in total. The number of aliphatic hydroxyl groups excluding tert-OH is 1. The number of carbonyl (C=O) groups excluding carboxylic acids is 2. The van der Waals surface area contributed by atoms with E-state index in [1.807, 2.05) is 4.90 Å². The zero-order valence-electron chi connectivity index (χ0n) is 11.7. The predicted molar refractivity (Wildman–Crippen MR) is 76.8 cm³/mol. The van der Waals surface area contributed by atoms with E-state index in [4.69, 9.17) is 5.11 Å². The van der Waals surface area contributed by atoms with Crippen molar-refractivity contribution < 1.29 is 19.8 Å². The van der Waals surface area contributed by atoms with E-state index < -0.39 is 11.8 Å². The second kappa shape index (κ2) is 7.05. The highest BCUT2D eigenvalue weighted by Gasteiger charge is 2.25. The first-order valence-corrected chi connectivity index (χ1v) is 6.82. The third-order valence-corrected chi connectivity index (χ3v) is 3.37. The number of hydrogen-bond acceptors (Lipinski definition) is 5. The Labute approximate surface area is 122 Å². The predicted octanol–water partition coefficient (Wildman–Crippen LogP) is -0.533. The highest BCUT2D eigenvalue weighted by Crippen LogP contribution is 2.15. The molecule has 1 aliphatic rings.